The van der Waals surface area contributed by atoms with Crippen LogP contribution >= 0.6 is 11.3 Å². The van der Waals surface area contributed by atoms with Crippen molar-refractivity contribution in [2.24, 2.45) is 0 Å². The van der Waals surface area contributed by atoms with Gasteiger partial charge in [-0.2, -0.15) is 0 Å². The van der Waals surface area contributed by atoms with Crippen molar-refractivity contribution in [2.75, 3.05) is 5.32 Å². The van der Waals surface area contributed by atoms with Crippen LogP contribution in [0.2, 0.25) is 0 Å². The number of carbonyl (C=O) groups excluding carboxylic acids is 3. The summed E-state index contributed by atoms with van der Waals surface area (Å²) in [5.41, 5.74) is 1.09. The van der Waals surface area contributed by atoms with Gasteiger partial charge in [0.1, 0.15) is 11.8 Å². The lowest BCUT2D eigenvalue weighted by Gasteiger charge is -2.11. The predicted octanol–water partition coefficient (Wildman–Crippen LogP) is 2.45. The van der Waals surface area contributed by atoms with Gasteiger partial charge in [0.25, 0.3) is 5.91 Å². The highest BCUT2D eigenvalue weighted by Gasteiger charge is 2.38. The zero-order valence-electron chi connectivity index (χ0n) is 14.7. The smallest absolute Gasteiger partial charge is 0.325 e. The second kappa shape index (κ2) is 7.51. The van der Waals surface area contributed by atoms with Crippen LogP contribution in [-0.4, -0.2) is 33.8 Å². The van der Waals surface area contributed by atoms with E-state index in [1.807, 2.05) is 0 Å². The first-order chi connectivity index (χ1) is 13.1. The number of imide groups is 1. The van der Waals surface area contributed by atoms with Gasteiger partial charge in [-0.1, -0.05) is 0 Å². The van der Waals surface area contributed by atoms with E-state index in [0.717, 1.165) is 29.9 Å². The first kappa shape index (κ1) is 17.7. The third-order valence-corrected chi connectivity index (χ3v) is 5.83. The number of rotatable bonds is 6. The van der Waals surface area contributed by atoms with E-state index in [4.69, 9.17) is 4.42 Å². The van der Waals surface area contributed by atoms with Gasteiger partial charge in [-0.3, -0.25) is 14.5 Å². The second-order valence-electron chi connectivity index (χ2n) is 6.69. The first-order valence-electron chi connectivity index (χ1n) is 9.03. The van der Waals surface area contributed by atoms with E-state index in [0.29, 0.717) is 10.9 Å². The van der Waals surface area contributed by atoms with Crippen LogP contribution in [0.3, 0.4) is 0 Å². The molecule has 2 N–H and O–H groups in total. The molecule has 2 aliphatic rings. The number of aromatic nitrogens is 1. The lowest BCUT2D eigenvalue weighted by atomic mass is 10.0. The summed E-state index contributed by atoms with van der Waals surface area (Å²) < 4.78 is 5.18. The number of carbonyl (C=O) groups is 3. The third-order valence-electron chi connectivity index (χ3n) is 4.75. The summed E-state index contributed by atoms with van der Waals surface area (Å²) in [6, 6.07) is 2.25. The molecule has 1 saturated heterocycles. The maximum atomic E-state index is 12.4. The molecule has 1 aliphatic carbocycles. The Hall–Kier alpha value is -2.68. The summed E-state index contributed by atoms with van der Waals surface area (Å²) >= 11 is 1.53. The molecule has 8 nitrogen and oxygen atoms in total. The summed E-state index contributed by atoms with van der Waals surface area (Å²) in [5, 5.41) is 6.06. The van der Waals surface area contributed by atoms with Crippen LogP contribution in [0, 0.1) is 0 Å². The third kappa shape index (κ3) is 3.87. The maximum absolute atomic E-state index is 12.4. The van der Waals surface area contributed by atoms with Gasteiger partial charge in [0.2, 0.25) is 5.91 Å². The molecule has 9 heteroatoms. The average molecular weight is 388 g/mol. The Bertz CT molecular complexity index is 837. The second-order valence-corrected chi connectivity index (χ2v) is 7.77. The van der Waals surface area contributed by atoms with E-state index in [1.54, 1.807) is 12.1 Å². The minimum absolute atomic E-state index is 0.0883. The van der Waals surface area contributed by atoms with Crippen LogP contribution in [0.5, 0.6) is 0 Å². The molecule has 0 saturated carbocycles. The van der Waals surface area contributed by atoms with Gasteiger partial charge in [0.05, 0.1) is 18.5 Å². The number of hydrogen-bond donors (Lipinski definition) is 2. The largest absolute Gasteiger partial charge is 0.467 e. The molecule has 4 rings (SSSR count). The maximum Gasteiger partial charge on any atom is 0.325 e. The molecular formula is C18H20N4O4S. The molecule has 1 fully saturated rings. The Morgan fingerprint density at radius 3 is 3.00 bits per heavy atom. The highest BCUT2D eigenvalue weighted by atomic mass is 32.1. The highest BCUT2D eigenvalue weighted by Crippen LogP contribution is 2.29. The minimum Gasteiger partial charge on any atom is -0.467 e. The molecule has 0 radical (unpaired) electrons. The molecule has 3 heterocycles. The topological polar surface area (TPSA) is 105 Å². The van der Waals surface area contributed by atoms with E-state index in [1.165, 1.54) is 28.9 Å². The monoisotopic (exact) mass is 388 g/mol. The zero-order valence-corrected chi connectivity index (χ0v) is 15.5. The van der Waals surface area contributed by atoms with Crippen molar-refractivity contribution in [3.8, 4) is 0 Å². The van der Waals surface area contributed by atoms with Crippen molar-refractivity contribution in [1.29, 1.82) is 0 Å². The molecular weight excluding hydrogens is 368 g/mol. The van der Waals surface area contributed by atoms with Crippen LogP contribution in [0.15, 0.2) is 22.8 Å². The number of amides is 4. The average Bonchev–Trinajstić information content (AvgIpc) is 3.36. The molecule has 0 aromatic carbocycles. The number of aryl methyl sites for hydroxylation is 2. The molecule has 0 spiro atoms. The lowest BCUT2D eigenvalue weighted by molar-refractivity contribution is -0.128. The molecule has 4 amide bonds. The normalized spacial score (nSPS) is 19.1. The van der Waals surface area contributed by atoms with Crippen molar-refractivity contribution in [3.05, 3.63) is 34.7 Å². The van der Waals surface area contributed by atoms with Gasteiger partial charge in [-0.05, 0) is 44.2 Å². The van der Waals surface area contributed by atoms with Crippen LogP contribution in [0.1, 0.15) is 42.0 Å². The minimum atomic E-state index is -0.692. The molecule has 2 aromatic heterocycles. The van der Waals surface area contributed by atoms with Gasteiger partial charge in [0.15, 0.2) is 5.13 Å². The number of hydrogen-bond acceptors (Lipinski definition) is 6. The fourth-order valence-electron chi connectivity index (χ4n) is 3.34. The van der Waals surface area contributed by atoms with Crippen LogP contribution in [-0.2, 0) is 29.0 Å². The van der Waals surface area contributed by atoms with Gasteiger partial charge in [-0.15, -0.1) is 11.3 Å². The number of furan rings is 1. The van der Waals surface area contributed by atoms with Crippen molar-refractivity contribution >= 4 is 34.3 Å². The Balaban J connectivity index is 1.29. The molecule has 1 aliphatic heterocycles. The fourth-order valence-corrected chi connectivity index (χ4v) is 4.41. The number of nitrogens with zero attached hydrogens (tertiary/aromatic N) is 2. The van der Waals surface area contributed by atoms with Crippen LogP contribution in [0.25, 0.3) is 0 Å². The lowest BCUT2D eigenvalue weighted by Crippen LogP contribution is -2.31. The fraction of sp³-hybridized carbons (Fsp3) is 0.444. The van der Waals surface area contributed by atoms with E-state index in [-0.39, 0.29) is 31.2 Å². The summed E-state index contributed by atoms with van der Waals surface area (Å²) in [7, 11) is 0. The van der Waals surface area contributed by atoms with Crippen molar-refractivity contribution in [3.63, 3.8) is 0 Å². The van der Waals surface area contributed by atoms with E-state index in [2.05, 4.69) is 15.6 Å². The Labute approximate surface area is 159 Å². The van der Waals surface area contributed by atoms with Gasteiger partial charge in [0, 0.05) is 11.3 Å². The molecule has 0 bridgehead atoms. The van der Waals surface area contributed by atoms with Gasteiger partial charge in [-0.25, -0.2) is 9.78 Å². The van der Waals surface area contributed by atoms with Crippen molar-refractivity contribution < 1.29 is 18.8 Å². The number of urea groups is 1. The summed E-state index contributed by atoms with van der Waals surface area (Å²) in [4.78, 5) is 43.5. The zero-order chi connectivity index (χ0) is 18.8. The molecule has 142 valence electrons. The summed E-state index contributed by atoms with van der Waals surface area (Å²) in [5.74, 6) is -0.00817. The van der Waals surface area contributed by atoms with Gasteiger partial charge >= 0.3 is 6.03 Å². The van der Waals surface area contributed by atoms with Crippen LogP contribution in [0.4, 0.5) is 9.93 Å². The number of fused-ring (bicyclic) bond motifs is 1. The van der Waals surface area contributed by atoms with E-state index in [9.17, 15) is 14.4 Å². The SMILES string of the molecule is O=C(CC[C@H]1NC(=O)N(Cc2ccco2)C1=O)Nc1nc2c(s1)CCCC2. The molecule has 1 atom stereocenters. The predicted molar refractivity (Wildman–Crippen MR) is 98.2 cm³/mol. The number of thiazole rings is 1. The molecule has 0 unspecified atom stereocenters. The summed E-state index contributed by atoms with van der Waals surface area (Å²) in [6.07, 6.45) is 6.17. The van der Waals surface area contributed by atoms with Crippen LogP contribution < -0.4 is 10.6 Å². The number of anilines is 1. The Morgan fingerprint density at radius 1 is 1.37 bits per heavy atom. The van der Waals surface area contributed by atoms with Crippen molar-refractivity contribution in [2.45, 2.75) is 51.1 Å². The summed E-state index contributed by atoms with van der Waals surface area (Å²) in [6.45, 7) is 0.0883. The molecule has 2 aromatic rings. The van der Waals surface area contributed by atoms with E-state index >= 15 is 0 Å². The highest BCUT2D eigenvalue weighted by molar-refractivity contribution is 7.15. The Morgan fingerprint density at radius 2 is 2.22 bits per heavy atom. The standard InChI is InChI=1S/C18H20N4O4S/c23-15(21-17-19-12-5-1-2-6-14(12)27-17)8-7-13-16(24)22(18(25)20-13)10-11-4-3-9-26-11/h3-4,9,13H,1-2,5-8,10H2,(H,20,25)(H,19,21,23)/t13-/m1/s1. The van der Waals surface area contributed by atoms with E-state index < -0.39 is 12.1 Å². The van der Waals surface area contributed by atoms with Crippen molar-refractivity contribution in [1.82, 2.24) is 15.2 Å². The quantitative estimate of drug-likeness (QED) is 0.740. The first-order valence-corrected chi connectivity index (χ1v) is 9.84. The Kier molecular flexibility index (Phi) is 4.93. The number of nitrogens with one attached hydrogen (secondary N) is 2. The molecule has 27 heavy (non-hydrogen) atoms. The van der Waals surface area contributed by atoms with Gasteiger partial charge < -0.3 is 15.1 Å².